The van der Waals surface area contributed by atoms with Crippen LogP contribution in [0.4, 0.5) is 11.5 Å². The van der Waals surface area contributed by atoms with Crippen LogP contribution in [-0.2, 0) is 4.79 Å². The number of anilines is 2. The highest BCUT2D eigenvalue weighted by atomic mass is 16.3. The van der Waals surface area contributed by atoms with Crippen LogP contribution in [0, 0.1) is 11.8 Å². The van der Waals surface area contributed by atoms with Gasteiger partial charge in [0.05, 0.1) is 17.5 Å². The van der Waals surface area contributed by atoms with Crippen molar-refractivity contribution in [3.05, 3.63) is 79.5 Å². The predicted octanol–water partition coefficient (Wildman–Crippen LogP) is 4.01. The maximum Gasteiger partial charge on any atom is 0.228 e. The van der Waals surface area contributed by atoms with Gasteiger partial charge in [-0.05, 0) is 80.3 Å². The first-order chi connectivity index (χ1) is 21.6. The summed E-state index contributed by atoms with van der Waals surface area (Å²) in [5, 5.41) is 22.7. The first kappa shape index (κ1) is 28.1. The van der Waals surface area contributed by atoms with Crippen LogP contribution in [0.5, 0.6) is 0 Å². The number of benzene rings is 1. The highest BCUT2D eigenvalue weighted by Gasteiger charge is 2.32. The van der Waals surface area contributed by atoms with Crippen molar-refractivity contribution in [2.24, 2.45) is 11.8 Å². The summed E-state index contributed by atoms with van der Waals surface area (Å²) in [5.41, 5.74) is 4.36. The fourth-order valence-corrected chi connectivity index (χ4v) is 6.36. The zero-order valence-corrected chi connectivity index (χ0v) is 24.4. The van der Waals surface area contributed by atoms with Gasteiger partial charge < -0.3 is 15.3 Å². The molecule has 44 heavy (non-hydrogen) atoms. The second-order valence-corrected chi connectivity index (χ2v) is 11.7. The molecule has 0 bridgehead atoms. The minimum atomic E-state index is -0.417. The van der Waals surface area contributed by atoms with E-state index in [1.807, 2.05) is 48.7 Å². The number of pyridine rings is 2. The molecule has 2 atom stereocenters. The van der Waals surface area contributed by atoms with Gasteiger partial charge in [-0.15, -0.1) is 0 Å². The third-order valence-corrected chi connectivity index (χ3v) is 8.85. The van der Waals surface area contributed by atoms with Gasteiger partial charge in [0.15, 0.2) is 5.82 Å². The number of rotatable bonds is 8. The Kier molecular flexibility index (Phi) is 7.95. The Hall–Kier alpha value is -4.74. The van der Waals surface area contributed by atoms with E-state index < -0.39 is 6.10 Å². The summed E-state index contributed by atoms with van der Waals surface area (Å²) in [5.74, 6) is 1.74. The Morgan fingerprint density at radius 1 is 0.955 bits per heavy atom. The van der Waals surface area contributed by atoms with E-state index in [4.69, 9.17) is 0 Å². The van der Waals surface area contributed by atoms with Gasteiger partial charge in [0.2, 0.25) is 5.91 Å². The molecular formula is C33H35N9O2. The minimum absolute atomic E-state index is 0.0148. The van der Waals surface area contributed by atoms with Gasteiger partial charge in [-0.1, -0.05) is 0 Å². The fourth-order valence-electron chi connectivity index (χ4n) is 6.36. The molecule has 2 saturated heterocycles. The van der Waals surface area contributed by atoms with Crippen LogP contribution in [0.1, 0.15) is 19.3 Å². The predicted molar refractivity (Wildman–Crippen MR) is 169 cm³/mol. The second kappa shape index (κ2) is 12.5. The van der Waals surface area contributed by atoms with Crippen LogP contribution in [0.25, 0.3) is 33.5 Å². The van der Waals surface area contributed by atoms with Gasteiger partial charge in [-0.2, -0.15) is 5.10 Å². The molecule has 0 saturated carbocycles. The second-order valence-electron chi connectivity index (χ2n) is 11.7. The Labute approximate surface area is 255 Å². The number of hydrogen-bond acceptors (Lipinski definition) is 9. The molecule has 0 spiro atoms. The smallest absolute Gasteiger partial charge is 0.228 e. The van der Waals surface area contributed by atoms with Crippen LogP contribution in [-0.4, -0.2) is 84.9 Å². The lowest BCUT2D eigenvalue weighted by atomic mass is 9.91. The molecule has 1 amide bonds. The first-order valence-corrected chi connectivity index (χ1v) is 15.2. The maximum absolute atomic E-state index is 13.2. The third kappa shape index (κ3) is 6.01. The number of nitrogens with one attached hydrogen (secondary N) is 2. The molecule has 1 aromatic carbocycles. The van der Waals surface area contributed by atoms with E-state index in [-0.39, 0.29) is 17.7 Å². The molecule has 7 rings (SSSR count). The molecule has 3 N–H and O–H groups in total. The summed E-state index contributed by atoms with van der Waals surface area (Å²) in [4.78, 5) is 35.0. The van der Waals surface area contributed by atoms with E-state index >= 15 is 0 Å². The highest BCUT2D eigenvalue weighted by molar-refractivity contribution is 5.99. The molecule has 11 nitrogen and oxygen atoms in total. The molecule has 0 aliphatic carbocycles. The van der Waals surface area contributed by atoms with E-state index in [1.165, 1.54) is 0 Å². The molecule has 11 heteroatoms. The molecule has 2 aliphatic heterocycles. The van der Waals surface area contributed by atoms with E-state index in [9.17, 15) is 9.90 Å². The Balaban J connectivity index is 0.895. The van der Waals surface area contributed by atoms with Crippen LogP contribution >= 0.6 is 0 Å². The van der Waals surface area contributed by atoms with E-state index in [0.717, 1.165) is 78.1 Å². The minimum Gasteiger partial charge on any atom is -0.392 e. The van der Waals surface area contributed by atoms with Gasteiger partial charge in [-0.25, -0.2) is 15.0 Å². The number of carbonyl (C=O) groups excluding carboxylic acids is 1. The van der Waals surface area contributed by atoms with Crippen molar-refractivity contribution in [3.8, 4) is 22.6 Å². The maximum atomic E-state index is 13.2. The van der Waals surface area contributed by atoms with Crippen LogP contribution in [0.3, 0.4) is 0 Å². The normalized spacial score (nSPS) is 18.5. The summed E-state index contributed by atoms with van der Waals surface area (Å²) >= 11 is 0. The average Bonchev–Trinajstić information content (AvgIpc) is 3.73. The number of likely N-dealkylation sites (tertiary alicyclic amines) is 1. The highest BCUT2D eigenvalue weighted by Crippen LogP contribution is 2.30. The van der Waals surface area contributed by atoms with E-state index in [0.29, 0.717) is 18.9 Å². The number of aromatic nitrogens is 6. The molecule has 2 unspecified atom stereocenters. The number of aliphatic hydroxyl groups is 1. The zero-order chi connectivity index (χ0) is 29.9. The molecule has 0 radical (unpaired) electrons. The number of nitrogens with zero attached hydrogens (tertiary/aromatic N) is 7. The van der Waals surface area contributed by atoms with Crippen molar-refractivity contribution in [1.29, 1.82) is 0 Å². The molecule has 2 fully saturated rings. The fraction of sp³-hybridized carbons (Fsp3) is 0.333. The van der Waals surface area contributed by atoms with Crippen molar-refractivity contribution in [3.63, 3.8) is 0 Å². The molecule has 224 valence electrons. The van der Waals surface area contributed by atoms with Gasteiger partial charge in [-0.3, -0.25) is 19.8 Å². The third-order valence-electron chi connectivity index (χ3n) is 8.85. The Morgan fingerprint density at radius 2 is 1.77 bits per heavy atom. The Morgan fingerprint density at radius 3 is 2.55 bits per heavy atom. The topological polar surface area (TPSA) is 136 Å². The van der Waals surface area contributed by atoms with Gasteiger partial charge in [0, 0.05) is 79.4 Å². The summed E-state index contributed by atoms with van der Waals surface area (Å²) in [7, 11) is 0. The number of piperidine rings is 1. The lowest BCUT2D eigenvalue weighted by molar-refractivity contribution is -0.119. The number of H-pyrrole nitrogens is 1. The van der Waals surface area contributed by atoms with Gasteiger partial charge in [0.1, 0.15) is 11.5 Å². The number of fused-ring (bicyclic) bond motifs is 1. The number of β-amino-alcohol motifs (C(OH)–C–C–N with tert-alkyl or cyclic N) is 1. The van der Waals surface area contributed by atoms with Crippen LogP contribution in [0.15, 0.2) is 79.5 Å². The lowest BCUT2D eigenvalue weighted by Gasteiger charge is -2.36. The van der Waals surface area contributed by atoms with E-state index in [2.05, 4.69) is 45.2 Å². The standard InChI is InChI=1S/C33H35N9O2/c43-29(22-9-16-42(17-10-22)30-5-2-24(19-37-30)32-35-11-1-12-36-32)21-41-15-8-25(20-41)33(44)38-26-3-4-28-27(18-26)31(40-39-28)23-6-13-34-14-7-23/h1-7,11-14,18-19,22,25,29,43H,8-10,15-17,20-21H2,(H,38,44)(H,39,40). The lowest BCUT2D eigenvalue weighted by Crippen LogP contribution is -2.42. The SMILES string of the molecule is O=C(Nc1ccc2[nH]nc(-c3ccncc3)c2c1)C1CCN(CC(O)C2CCN(c3ccc(-c4ncccn4)cn3)CC2)C1. The number of amides is 1. The van der Waals surface area contributed by atoms with Gasteiger partial charge >= 0.3 is 0 Å². The number of aromatic amines is 1. The molecule has 2 aliphatic rings. The molecule has 4 aromatic heterocycles. The molecule has 5 aromatic rings. The summed E-state index contributed by atoms with van der Waals surface area (Å²) < 4.78 is 0. The van der Waals surface area contributed by atoms with Crippen molar-refractivity contribution in [1.82, 2.24) is 35.0 Å². The number of hydrogen-bond donors (Lipinski definition) is 3. The first-order valence-electron chi connectivity index (χ1n) is 15.2. The van der Waals surface area contributed by atoms with Crippen LogP contribution < -0.4 is 10.2 Å². The molecular weight excluding hydrogens is 554 g/mol. The van der Waals surface area contributed by atoms with Crippen molar-refractivity contribution in [2.45, 2.75) is 25.4 Å². The van der Waals surface area contributed by atoms with Crippen molar-refractivity contribution < 1.29 is 9.90 Å². The largest absolute Gasteiger partial charge is 0.392 e. The Bertz CT molecular complexity index is 1700. The van der Waals surface area contributed by atoms with Crippen LogP contribution in [0.2, 0.25) is 0 Å². The monoisotopic (exact) mass is 589 g/mol. The summed E-state index contributed by atoms with van der Waals surface area (Å²) in [6.07, 6.45) is 10.9. The van der Waals surface area contributed by atoms with Gasteiger partial charge in [0.25, 0.3) is 0 Å². The summed E-state index contributed by atoms with van der Waals surface area (Å²) in [6.45, 7) is 3.76. The van der Waals surface area contributed by atoms with Crippen molar-refractivity contribution in [2.75, 3.05) is 42.9 Å². The number of carbonyl (C=O) groups is 1. The summed E-state index contributed by atoms with van der Waals surface area (Å²) in [6, 6.07) is 15.5. The quantitative estimate of drug-likeness (QED) is 0.245. The zero-order valence-electron chi connectivity index (χ0n) is 24.4. The van der Waals surface area contributed by atoms with Crippen molar-refractivity contribution >= 4 is 28.3 Å². The average molecular weight is 590 g/mol. The molecule has 6 heterocycles. The van der Waals surface area contributed by atoms with E-state index in [1.54, 1.807) is 30.9 Å². The number of aliphatic hydroxyl groups excluding tert-OH is 1.